The largest absolute Gasteiger partial charge is 0.287 e. The molecule has 3 rings (SSSR count). The van der Waals surface area contributed by atoms with Gasteiger partial charge in [0.25, 0.3) is 5.69 Å². The number of nitro groups is 1. The molecule has 3 aromatic rings. The van der Waals surface area contributed by atoms with Crippen LogP contribution in [0.2, 0.25) is 0 Å². The minimum absolute atomic E-state index is 0.0440. The maximum absolute atomic E-state index is 15.4. The second-order valence-electron chi connectivity index (χ2n) is 7.71. The van der Waals surface area contributed by atoms with Gasteiger partial charge in [-0.25, -0.2) is 8.78 Å². The highest BCUT2D eigenvalue weighted by Crippen LogP contribution is 2.33. The number of rotatable bonds is 9. The Morgan fingerprint density at radius 1 is 0.806 bits per heavy atom. The Bertz CT molecular complexity index is 934. The van der Waals surface area contributed by atoms with Gasteiger partial charge in [0.15, 0.2) is 0 Å². The van der Waals surface area contributed by atoms with Crippen molar-refractivity contribution in [1.82, 2.24) is 4.90 Å². The van der Waals surface area contributed by atoms with E-state index in [0.717, 1.165) is 0 Å². The van der Waals surface area contributed by atoms with Gasteiger partial charge in [-0.05, 0) is 30.5 Å². The van der Waals surface area contributed by atoms with Gasteiger partial charge < -0.3 is 0 Å². The number of halogens is 2. The first-order chi connectivity index (χ1) is 14.9. The molecule has 162 valence electrons. The molecule has 0 unspecified atom stereocenters. The predicted molar refractivity (Wildman–Crippen MR) is 118 cm³/mol. The van der Waals surface area contributed by atoms with Crippen LogP contribution in [-0.4, -0.2) is 21.9 Å². The molecular formula is C25H26F2N2O2. The SMILES string of the molecule is C[C@H]([C@H](F)c1ccccc1)N(Cc1cccc([N+](=O)[O-])c1)[C@H](C)[C@H](F)c1ccccc1. The fourth-order valence-electron chi connectivity index (χ4n) is 3.81. The first-order valence-electron chi connectivity index (χ1n) is 10.3. The molecule has 4 nitrogen and oxygen atoms in total. The van der Waals surface area contributed by atoms with Gasteiger partial charge in [0.2, 0.25) is 0 Å². The van der Waals surface area contributed by atoms with Gasteiger partial charge >= 0.3 is 0 Å². The highest BCUT2D eigenvalue weighted by molar-refractivity contribution is 5.34. The summed E-state index contributed by atoms with van der Waals surface area (Å²) in [6, 6.07) is 22.4. The first-order valence-corrected chi connectivity index (χ1v) is 10.3. The van der Waals surface area contributed by atoms with Crippen molar-refractivity contribution in [2.75, 3.05) is 0 Å². The van der Waals surface area contributed by atoms with E-state index in [0.29, 0.717) is 16.7 Å². The van der Waals surface area contributed by atoms with Gasteiger partial charge in [-0.3, -0.25) is 15.0 Å². The van der Waals surface area contributed by atoms with Crippen molar-refractivity contribution < 1.29 is 13.7 Å². The zero-order valence-corrected chi connectivity index (χ0v) is 17.6. The van der Waals surface area contributed by atoms with E-state index < -0.39 is 29.4 Å². The molecule has 0 N–H and O–H groups in total. The van der Waals surface area contributed by atoms with Crippen molar-refractivity contribution in [2.24, 2.45) is 0 Å². The summed E-state index contributed by atoms with van der Waals surface area (Å²) in [5, 5.41) is 11.2. The van der Waals surface area contributed by atoms with Crippen LogP contribution in [0.25, 0.3) is 0 Å². The standard InChI is InChI=1S/C25H26F2N2O2/c1-18(24(26)21-11-5-3-6-12-21)28(17-20-10-9-15-23(16-20)29(30)31)19(2)25(27)22-13-7-4-8-14-22/h3-16,18-19,24-25H,17H2,1-2H3/t18-,19-,24+,25+/m1/s1. The number of nitrogens with zero attached hydrogens (tertiary/aromatic N) is 2. The van der Waals surface area contributed by atoms with E-state index in [4.69, 9.17) is 0 Å². The monoisotopic (exact) mass is 424 g/mol. The Balaban J connectivity index is 1.92. The summed E-state index contributed by atoms with van der Waals surface area (Å²) >= 11 is 0. The van der Waals surface area contributed by atoms with Crippen molar-refractivity contribution in [3.63, 3.8) is 0 Å². The van der Waals surface area contributed by atoms with Gasteiger partial charge in [0.1, 0.15) is 12.3 Å². The van der Waals surface area contributed by atoms with E-state index >= 15 is 8.78 Å². The van der Waals surface area contributed by atoms with Gasteiger partial charge in [-0.2, -0.15) is 0 Å². The summed E-state index contributed by atoms with van der Waals surface area (Å²) in [5.74, 6) is 0. The van der Waals surface area contributed by atoms with Crippen LogP contribution < -0.4 is 0 Å². The van der Waals surface area contributed by atoms with Crippen LogP contribution in [0, 0.1) is 10.1 Å². The molecule has 0 bridgehead atoms. The Hall–Kier alpha value is -3.12. The lowest BCUT2D eigenvalue weighted by Crippen LogP contribution is -2.44. The molecule has 0 saturated heterocycles. The lowest BCUT2D eigenvalue weighted by Gasteiger charge is -2.38. The summed E-state index contributed by atoms with van der Waals surface area (Å²) in [5.41, 5.74) is 1.62. The molecule has 0 heterocycles. The molecule has 0 radical (unpaired) electrons. The molecule has 4 atom stereocenters. The molecule has 0 aliphatic carbocycles. The third-order valence-electron chi connectivity index (χ3n) is 5.62. The molecule has 0 aromatic heterocycles. The number of nitro benzene ring substituents is 1. The van der Waals surface area contributed by atoms with Crippen LogP contribution in [0.3, 0.4) is 0 Å². The normalized spacial score (nSPS) is 15.3. The van der Waals surface area contributed by atoms with Gasteiger partial charge in [-0.15, -0.1) is 0 Å². The molecule has 0 amide bonds. The molecule has 3 aromatic carbocycles. The second-order valence-corrected chi connectivity index (χ2v) is 7.71. The van der Waals surface area contributed by atoms with E-state index in [-0.39, 0.29) is 12.2 Å². The maximum atomic E-state index is 15.4. The summed E-state index contributed by atoms with van der Waals surface area (Å²) in [6.07, 6.45) is -2.68. The second kappa shape index (κ2) is 10.3. The van der Waals surface area contributed by atoms with Crippen LogP contribution in [0.1, 0.15) is 42.9 Å². The third-order valence-corrected chi connectivity index (χ3v) is 5.62. The minimum Gasteiger partial charge on any atom is -0.287 e. The van der Waals surface area contributed by atoms with Crippen molar-refractivity contribution >= 4 is 5.69 Å². The van der Waals surface area contributed by atoms with Crippen molar-refractivity contribution in [1.29, 1.82) is 0 Å². The van der Waals surface area contributed by atoms with Crippen LogP contribution in [0.4, 0.5) is 14.5 Å². The fraction of sp³-hybridized carbons (Fsp3) is 0.280. The molecule has 0 fully saturated rings. The Labute approximate surface area is 181 Å². The van der Waals surface area contributed by atoms with E-state index in [1.54, 1.807) is 79.4 Å². The third kappa shape index (κ3) is 5.52. The predicted octanol–water partition coefficient (Wildman–Crippen LogP) is 6.60. The molecule has 31 heavy (non-hydrogen) atoms. The molecule has 6 heteroatoms. The average Bonchev–Trinajstić information content (AvgIpc) is 2.82. The lowest BCUT2D eigenvalue weighted by atomic mass is 9.97. The first kappa shape index (κ1) is 22.6. The van der Waals surface area contributed by atoms with Crippen LogP contribution >= 0.6 is 0 Å². The summed E-state index contributed by atoms with van der Waals surface area (Å²) in [4.78, 5) is 12.4. The average molecular weight is 424 g/mol. The number of non-ortho nitro benzene ring substituents is 1. The molecule has 0 saturated carbocycles. The van der Waals surface area contributed by atoms with E-state index in [9.17, 15) is 10.1 Å². The van der Waals surface area contributed by atoms with Crippen LogP contribution in [-0.2, 0) is 6.54 Å². The molecule has 0 spiro atoms. The van der Waals surface area contributed by atoms with E-state index in [1.165, 1.54) is 12.1 Å². The maximum Gasteiger partial charge on any atom is 0.269 e. The van der Waals surface area contributed by atoms with E-state index in [1.807, 2.05) is 12.1 Å². The topological polar surface area (TPSA) is 46.4 Å². The highest BCUT2D eigenvalue weighted by Gasteiger charge is 2.33. The van der Waals surface area contributed by atoms with Crippen molar-refractivity contribution in [3.05, 3.63) is 112 Å². The quantitative estimate of drug-likeness (QED) is 0.287. The number of hydrogen-bond acceptors (Lipinski definition) is 3. The van der Waals surface area contributed by atoms with Gasteiger partial charge in [0.05, 0.1) is 4.92 Å². The van der Waals surface area contributed by atoms with Crippen LogP contribution in [0.5, 0.6) is 0 Å². The zero-order valence-electron chi connectivity index (χ0n) is 17.6. The minimum atomic E-state index is -1.34. The number of alkyl halides is 2. The molecule has 0 aliphatic rings. The molecular weight excluding hydrogens is 398 g/mol. The van der Waals surface area contributed by atoms with Gasteiger partial charge in [-0.1, -0.05) is 72.8 Å². The van der Waals surface area contributed by atoms with Crippen molar-refractivity contribution in [2.45, 2.75) is 44.8 Å². The van der Waals surface area contributed by atoms with Crippen LogP contribution in [0.15, 0.2) is 84.9 Å². The van der Waals surface area contributed by atoms with Crippen molar-refractivity contribution in [3.8, 4) is 0 Å². The molecule has 0 aliphatic heterocycles. The summed E-state index contributed by atoms with van der Waals surface area (Å²) < 4.78 is 30.9. The smallest absolute Gasteiger partial charge is 0.269 e. The zero-order chi connectivity index (χ0) is 22.4. The fourth-order valence-corrected chi connectivity index (χ4v) is 3.81. The number of benzene rings is 3. The Morgan fingerprint density at radius 3 is 1.74 bits per heavy atom. The number of hydrogen-bond donors (Lipinski definition) is 0. The Kier molecular flexibility index (Phi) is 7.47. The van der Waals surface area contributed by atoms with E-state index in [2.05, 4.69) is 0 Å². The summed E-state index contributed by atoms with van der Waals surface area (Å²) in [6.45, 7) is 3.64. The lowest BCUT2D eigenvalue weighted by molar-refractivity contribution is -0.384. The highest BCUT2D eigenvalue weighted by atomic mass is 19.1. The summed E-state index contributed by atoms with van der Waals surface area (Å²) in [7, 11) is 0. The Morgan fingerprint density at radius 2 is 1.29 bits per heavy atom. The van der Waals surface area contributed by atoms with Gasteiger partial charge in [0, 0.05) is 30.8 Å².